The fourth-order valence-electron chi connectivity index (χ4n) is 2.87. The summed E-state index contributed by atoms with van der Waals surface area (Å²) in [5, 5.41) is 3.00. The van der Waals surface area contributed by atoms with Crippen molar-refractivity contribution in [3.63, 3.8) is 0 Å². The summed E-state index contributed by atoms with van der Waals surface area (Å²) in [6, 6.07) is 9.62. The molecule has 0 fully saturated rings. The minimum Gasteiger partial charge on any atom is -0.337 e. The third kappa shape index (κ3) is 2.71. The SMILES string of the molecule is Cc1cc(C(=O)N(C)Cc2ccccc2C)c2c(=O)[nH]n(C)c2n1. The molecule has 2 aromatic heterocycles. The van der Waals surface area contributed by atoms with Crippen LogP contribution in [0.2, 0.25) is 0 Å². The first kappa shape index (κ1) is 16.0. The van der Waals surface area contributed by atoms with Gasteiger partial charge in [0.05, 0.1) is 10.9 Å². The van der Waals surface area contributed by atoms with Gasteiger partial charge in [-0.25, -0.2) is 4.98 Å². The Bertz CT molecular complexity index is 984. The third-order valence-corrected chi connectivity index (χ3v) is 4.19. The molecule has 0 spiro atoms. The number of H-pyrrole nitrogens is 1. The molecule has 3 rings (SSSR count). The minimum absolute atomic E-state index is 0.189. The molecule has 0 aliphatic rings. The van der Waals surface area contributed by atoms with E-state index in [1.807, 2.05) is 38.1 Å². The number of nitrogens with zero attached hydrogens (tertiary/aromatic N) is 3. The fraction of sp³-hybridized carbons (Fsp3) is 0.278. The first-order chi connectivity index (χ1) is 11.4. The van der Waals surface area contributed by atoms with Gasteiger partial charge >= 0.3 is 0 Å². The first-order valence-electron chi connectivity index (χ1n) is 7.75. The smallest absolute Gasteiger partial charge is 0.274 e. The van der Waals surface area contributed by atoms with Crippen molar-refractivity contribution >= 4 is 16.9 Å². The Labute approximate surface area is 139 Å². The van der Waals surface area contributed by atoms with Crippen molar-refractivity contribution in [1.82, 2.24) is 19.7 Å². The summed E-state index contributed by atoms with van der Waals surface area (Å²) < 4.78 is 1.54. The van der Waals surface area contributed by atoms with Crippen LogP contribution in [0.15, 0.2) is 35.1 Å². The lowest BCUT2D eigenvalue weighted by Gasteiger charge is -2.19. The quantitative estimate of drug-likeness (QED) is 0.802. The van der Waals surface area contributed by atoms with E-state index in [4.69, 9.17) is 0 Å². The van der Waals surface area contributed by atoms with Crippen LogP contribution in [-0.4, -0.2) is 32.6 Å². The Hall–Kier alpha value is -2.89. The van der Waals surface area contributed by atoms with Crippen molar-refractivity contribution in [3.8, 4) is 0 Å². The molecule has 1 amide bonds. The van der Waals surface area contributed by atoms with E-state index in [1.165, 1.54) is 0 Å². The second kappa shape index (κ2) is 5.96. The van der Waals surface area contributed by atoms with Crippen molar-refractivity contribution in [2.45, 2.75) is 20.4 Å². The number of amides is 1. The van der Waals surface area contributed by atoms with E-state index >= 15 is 0 Å². The molecule has 0 radical (unpaired) electrons. The van der Waals surface area contributed by atoms with E-state index in [2.05, 4.69) is 10.1 Å². The van der Waals surface area contributed by atoms with Gasteiger partial charge in [0.1, 0.15) is 0 Å². The summed E-state index contributed by atoms with van der Waals surface area (Å²) in [6.45, 7) is 4.32. The maximum absolute atomic E-state index is 12.9. The molecule has 0 unspecified atom stereocenters. The van der Waals surface area contributed by atoms with Gasteiger partial charge in [-0.2, -0.15) is 0 Å². The van der Waals surface area contributed by atoms with Gasteiger partial charge in [0, 0.05) is 26.3 Å². The second-order valence-corrected chi connectivity index (χ2v) is 6.10. The van der Waals surface area contributed by atoms with Gasteiger partial charge in [-0.3, -0.25) is 19.4 Å². The van der Waals surface area contributed by atoms with E-state index in [-0.39, 0.29) is 11.5 Å². The number of fused-ring (bicyclic) bond motifs is 1. The summed E-state index contributed by atoms with van der Waals surface area (Å²) in [6.07, 6.45) is 0. The van der Waals surface area contributed by atoms with Crippen molar-refractivity contribution in [2.75, 3.05) is 7.05 Å². The molecule has 0 saturated heterocycles. The number of aromatic nitrogens is 3. The van der Waals surface area contributed by atoms with Crippen LogP contribution in [0.4, 0.5) is 0 Å². The Morgan fingerprint density at radius 3 is 2.71 bits per heavy atom. The topological polar surface area (TPSA) is 71.0 Å². The highest BCUT2D eigenvalue weighted by atomic mass is 16.2. The van der Waals surface area contributed by atoms with Crippen LogP contribution in [0, 0.1) is 13.8 Å². The molecule has 0 aliphatic carbocycles. The third-order valence-electron chi connectivity index (χ3n) is 4.19. The number of benzene rings is 1. The molecule has 3 aromatic rings. The number of carbonyl (C=O) groups is 1. The van der Waals surface area contributed by atoms with Gasteiger partial charge in [0.15, 0.2) is 5.65 Å². The summed E-state index contributed by atoms with van der Waals surface area (Å²) in [7, 11) is 3.45. The standard InChI is InChI=1S/C18H20N4O2/c1-11-7-5-6-8-13(11)10-21(3)18(24)14-9-12(2)19-16-15(14)17(23)20-22(16)4/h5-9H,10H2,1-4H3,(H,20,23). The summed E-state index contributed by atoms with van der Waals surface area (Å²) in [5.41, 5.74) is 3.49. The number of aromatic amines is 1. The van der Waals surface area contributed by atoms with Crippen molar-refractivity contribution in [3.05, 3.63) is 63.1 Å². The Morgan fingerprint density at radius 1 is 1.29 bits per heavy atom. The molecule has 124 valence electrons. The van der Waals surface area contributed by atoms with Crippen LogP contribution in [0.1, 0.15) is 27.2 Å². The average Bonchev–Trinajstić information content (AvgIpc) is 2.82. The Morgan fingerprint density at radius 2 is 2.00 bits per heavy atom. The van der Waals surface area contributed by atoms with Crippen molar-refractivity contribution < 1.29 is 4.79 Å². The van der Waals surface area contributed by atoms with Crippen LogP contribution in [-0.2, 0) is 13.6 Å². The fourth-order valence-corrected chi connectivity index (χ4v) is 2.87. The number of hydrogen-bond donors (Lipinski definition) is 1. The predicted molar refractivity (Wildman–Crippen MR) is 93.0 cm³/mol. The highest BCUT2D eigenvalue weighted by Crippen LogP contribution is 2.18. The monoisotopic (exact) mass is 324 g/mol. The van der Waals surface area contributed by atoms with Crippen LogP contribution >= 0.6 is 0 Å². The summed E-state index contributed by atoms with van der Waals surface area (Å²) >= 11 is 0. The zero-order valence-corrected chi connectivity index (χ0v) is 14.3. The molecule has 2 heterocycles. The maximum atomic E-state index is 12.9. The zero-order valence-electron chi connectivity index (χ0n) is 14.3. The summed E-state index contributed by atoms with van der Waals surface area (Å²) in [5.74, 6) is -0.189. The van der Waals surface area contributed by atoms with Crippen molar-refractivity contribution in [1.29, 1.82) is 0 Å². The van der Waals surface area contributed by atoms with Crippen molar-refractivity contribution in [2.24, 2.45) is 7.05 Å². The molecule has 24 heavy (non-hydrogen) atoms. The predicted octanol–water partition coefficient (Wildman–Crippen LogP) is 2.15. The molecule has 1 aromatic carbocycles. The van der Waals surface area contributed by atoms with Gasteiger partial charge in [-0.15, -0.1) is 0 Å². The zero-order chi connectivity index (χ0) is 17.4. The van der Waals surface area contributed by atoms with Gasteiger partial charge in [0.25, 0.3) is 11.5 Å². The minimum atomic E-state index is -0.298. The Kier molecular flexibility index (Phi) is 3.97. The lowest BCUT2D eigenvalue weighted by atomic mass is 10.1. The highest BCUT2D eigenvalue weighted by molar-refractivity contribution is 6.05. The highest BCUT2D eigenvalue weighted by Gasteiger charge is 2.20. The molecule has 0 bridgehead atoms. The largest absolute Gasteiger partial charge is 0.337 e. The summed E-state index contributed by atoms with van der Waals surface area (Å²) in [4.78, 5) is 31.1. The van der Waals surface area contributed by atoms with Gasteiger partial charge in [-0.05, 0) is 31.0 Å². The van der Waals surface area contributed by atoms with E-state index < -0.39 is 0 Å². The normalized spacial score (nSPS) is 11.0. The molecular formula is C18H20N4O2. The van der Waals surface area contributed by atoms with Crippen LogP contribution in [0.5, 0.6) is 0 Å². The molecule has 6 nitrogen and oxygen atoms in total. The number of rotatable bonds is 3. The van der Waals surface area contributed by atoms with Crippen LogP contribution in [0.25, 0.3) is 11.0 Å². The molecule has 0 atom stereocenters. The number of nitrogens with one attached hydrogen (secondary N) is 1. The number of pyridine rings is 1. The lowest BCUT2D eigenvalue weighted by molar-refractivity contribution is 0.0786. The first-order valence-corrected chi connectivity index (χ1v) is 7.75. The molecule has 0 aliphatic heterocycles. The van der Waals surface area contributed by atoms with E-state index in [0.29, 0.717) is 28.8 Å². The number of hydrogen-bond acceptors (Lipinski definition) is 3. The molecule has 0 saturated carbocycles. The van der Waals surface area contributed by atoms with Gasteiger partial charge in [-0.1, -0.05) is 24.3 Å². The maximum Gasteiger partial charge on any atom is 0.274 e. The van der Waals surface area contributed by atoms with Gasteiger partial charge < -0.3 is 4.90 Å². The molecular weight excluding hydrogens is 304 g/mol. The van der Waals surface area contributed by atoms with Crippen LogP contribution < -0.4 is 5.56 Å². The van der Waals surface area contributed by atoms with Gasteiger partial charge in [0.2, 0.25) is 0 Å². The number of carbonyl (C=O) groups excluding carboxylic acids is 1. The average molecular weight is 324 g/mol. The van der Waals surface area contributed by atoms with E-state index in [0.717, 1.165) is 11.1 Å². The molecule has 6 heteroatoms. The van der Waals surface area contributed by atoms with E-state index in [9.17, 15) is 9.59 Å². The number of aryl methyl sites for hydroxylation is 3. The van der Waals surface area contributed by atoms with E-state index in [1.54, 1.807) is 29.7 Å². The van der Waals surface area contributed by atoms with Crippen LogP contribution in [0.3, 0.4) is 0 Å². The second-order valence-electron chi connectivity index (χ2n) is 6.10. The Balaban J connectivity index is 2.02. The molecule has 1 N–H and O–H groups in total. The lowest BCUT2D eigenvalue weighted by Crippen LogP contribution is -2.27.